The lowest BCUT2D eigenvalue weighted by molar-refractivity contribution is -0.385. The molecule has 2 rings (SSSR count). The van der Waals surface area contributed by atoms with Crippen LogP contribution in [0.4, 0.5) is 5.69 Å². The van der Waals surface area contributed by atoms with Gasteiger partial charge in [-0.25, -0.2) is 13.1 Å². The first kappa shape index (κ1) is 17.2. The minimum absolute atomic E-state index is 0.0622. The lowest BCUT2D eigenvalue weighted by Crippen LogP contribution is -2.24. The van der Waals surface area contributed by atoms with Crippen molar-refractivity contribution >= 4 is 15.7 Å². The van der Waals surface area contributed by atoms with Gasteiger partial charge in [-0.1, -0.05) is 0 Å². The molecule has 1 N–H and O–H groups in total. The van der Waals surface area contributed by atoms with Gasteiger partial charge >= 0.3 is 0 Å². The van der Waals surface area contributed by atoms with Gasteiger partial charge in [0.2, 0.25) is 10.0 Å². The van der Waals surface area contributed by atoms with Gasteiger partial charge < -0.3 is 4.42 Å². The van der Waals surface area contributed by atoms with Crippen LogP contribution < -0.4 is 4.72 Å². The van der Waals surface area contributed by atoms with Crippen LogP contribution in [0.5, 0.6) is 0 Å². The quantitative estimate of drug-likeness (QED) is 0.667. The van der Waals surface area contributed by atoms with Crippen LogP contribution in [0.2, 0.25) is 0 Å². The van der Waals surface area contributed by atoms with E-state index in [-0.39, 0.29) is 17.1 Å². The SMILES string of the molecule is Cc1cc(CNS(=O)(=O)c2cc([N+](=O)[O-])cc(C)c2C)c(C)o1. The lowest BCUT2D eigenvalue weighted by atomic mass is 10.1. The molecule has 7 nitrogen and oxygen atoms in total. The summed E-state index contributed by atoms with van der Waals surface area (Å²) in [7, 11) is -3.87. The summed E-state index contributed by atoms with van der Waals surface area (Å²) < 4.78 is 32.8. The Morgan fingerprint density at radius 3 is 2.35 bits per heavy atom. The number of furan rings is 1. The van der Waals surface area contributed by atoms with Gasteiger partial charge in [-0.2, -0.15) is 0 Å². The van der Waals surface area contributed by atoms with E-state index in [1.165, 1.54) is 6.07 Å². The van der Waals surface area contributed by atoms with Crippen molar-refractivity contribution in [3.63, 3.8) is 0 Å². The van der Waals surface area contributed by atoms with Gasteiger partial charge in [-0.3, -0.25) is 10.1 Å². The molecular formula is C15H18N2O5S. The van der Waals surface area contributed by atoms with Crippen molar-refractivity contribution in [3.05, 3.63) is 56.5 Å². The molecule has 1 aromatic carbocycles. The number of nitrogens with one attached hydrogen (secondary N) is 1. The van der Waals surface area contributed by atoms with Gasteiger partial charge in [0.15, 0.2) is 0 Å². The maximum absolute atomic E-state index is 12.5. The molecule has 0 aliphatic rings. The molecule has 0 aliphatic heterocycles. The zero-order chi connectivity index (χ0) is 17.4. The van der Waals surface area contributed by atoms with Crippen molar-refractivity contribution < 1.29 is 17.8 Å². The Hall–Kier alpha value is -2.19. The van der Waals surface area contributed by atoms with Crippen LogP contribution in [0, 0.1) is 37.8 Å². The molecule has 0 spiro atoms. The minimum Gasteiger partial charge on any atom is -0.466 e. The topological polar surface area (TPSA) is 102 Å². The fourth-order valence-electron chi connectivity index (χ4n) is 2.30. The Bertz CT molecular complexity index is 868. The van der Waals surface area contributed by atoms with E-state index < -0.39 is 14.9 Å². The summed E-state index contributed by atoms with van der Waals surface area (Å²) in [6, 6.07) is 4.19. The molecular weight excluding hydrogens is 320 g/mol. The average molecular weight is 338 g/mol. The van der Waals surface area contributed by atoms with Gasteiger partial charge in [-0.05, 0) is 44.9 Å². The summed E-state index contributed by atoms with van der Waals surface area (Å²) in [6.07, 6.45) is 0. The minimum atomic E-state index is -3.87. The van der Waals surface area contributed by atoms with Gasteiger partial charge in [0.1, 0.15) is 11.5 Å². The second kappa shape index (κ2) is 6.13. The van der Waals surface area contributed by atoms with Crippen LogP contribution in [-0.4, -0.2) is 13.3 Å². The lowest BCUT2D eigenvalue weighted by Gasteiger charge is -2.11. The third-order valence-electron chi connectivity index (χ3n) is 3.70. The number of aryl methyl sites for hydroxylation is 3. The molecule has 1 heterocycles. The van der Waals surface area contributed by atoms with Crippen molar-refractivity contribution in [1.82, 2.24) is 4.72 Å². The van der Waals surface area contributed by atoms with E-state index in [1.807, 2.05) is 0 Å². The largest absolute Gasteiger partial charge is 0.466 e. The van der Waals surface area contributed by atoms with Crippen molar-refractivity contribution in [2.45, 2.75) is 39.1 Å². The molecule has 0 radical (unpaired) electrons. The second-order valence-corrected chi connectivity index (χ2v) is 7.14. The first-order chi connectivity index (χ1) is 10.6. The van der Waals surface area contributed by atoms with Gasteiger partial charge in [0.25, 0.3) is 5.69 Å². The molecule has 124 valence electrons. The first-order valence-corrected chi connectivity index (χ1v) is 8.41. The number of nitrogens with zero attached hydrogens (tertiary/aromatic N) is 1. The number of hydrogen-bond acceptors (Lipinski definition) is 5. The van der Waals surface area contributed by atoms with E-state index in [9.17, 15) is 18.5 Å². The van der Waals surface area contributed by atoms with E-state index in [1.54, 1.807) is 33.8 Å². The van der Waals surface area contributed by atoms with Crippen LogP contribution in [0.1, 0.15) is 28.2 Å². The first-order valence-electron chi connectivity index (χ1n) is 6.93. The molecule has 0 saturated heterocycles. The third-order valence-corrected chi connectivity index (χ3v) is 5.23. The predicted molar refractivity (Wildman–Crippen MR) is 84.8 cm³/mol. The summed E-state index contributed by atoms with van der Waals surface area (Å²) in [4.78, 5) is 10.3. The molecule has 2 aromatic rings. The summed E-state index contributed by atoms with van der Waals surface area (Å²) in [5.74, 6) is 1.33. The Balaban J connectivity index is 2.36. The molecule has 0 amide bonds. The number of nitro groups is 1. The van der Waals surface area contributed by atoms with Crippen LogP contribution in [0.15, 0.2) is 27.5 Å². The van der Waals surface area contributed by atoms with Gasteiger partial charge in [0, 0.05) is 24.2 Å². The number of rotatable bonds is 5. The van der Waals surface area contributed by atoms with E-state index in [2.05, 4.69) is 4.72 Å². The zero-order valence-electron chi connectivity index (χ0n) is 13.3. The van der Waals surface area contributed by atoms with Crippen molar-refractivity contribution in [1.29, 1.82) is 0 Å². The highest BCUT2D eigenvalue weighted by atomic mass is 32.2. The standard InChI is InChI=1S/C15H18N2O5S/c1-9-5-14(17(18)19)7-15(11(9)3)23(20,21)16-8-13-6-10(2)22-12(13)4/h5-7,16H,8H2,1-4H3. The Morgan fingerprint density at radius 1 is 1.17 bits per heavy atom. The average Bonchev–Trinajstić information content (AvgIpc) is 2.77. The van der Waals surface area contributed by atoms with Crippen LogP contribution in [-0.2, 0) is 16.6 Å². The monoisotopic (exact) mass is 338 g/mol. The summed E-state index contributed by atoms with van der Waals surface area (Å²) in [6.45, 7) is 6.86. The maximum Gasteiger partial charge on any atom is 0.271 e. The molecule has 23 heavy (non-hydrogen) atoms. The Labute approximate surface area is 134 Å². The van der Waals surface area contributed by atoms with Gasteiger partial charge in [0.05, 0.1) is 9.82 Å². The molecule has 0 saturated carbocycles. The van der Waals surface area contributed by atoms with E-state index in [4.69, 9.17) is 4.42 Å². The summed E-state index contributed by atoms with van der Waals surface area (Å²) >= 11 is 0. The Kier molecular flexibility index (Phi) is 4.58. The fourth-order valence-corrected chi connectivity index (χ4v) is 3.64. The highest BCUT2D eigenvalue weighted by molar-refractivity contribution is 7.89. The second-order valence-electron chi connectivity index (χ2n) is 5.41. The third kappa shape index (κ3) is 3.59. The van der Waals surface area contributed by atoms with Crippen LogP contribution in [0.25, 0.3) is 0 Å². The number of hydrogen-bond donors (Lipinski definition) is 1. The molecule has 0 atom stereocenters. The fraction of sp³-hybridized carbons (Fsp3) is 0.333. The van der Waals surface area contributed by atoms with Crippen molar-refractivity contribution in [3.8, 4) is 0 Å². The zero-order valence-corrected chi connectivity index (χ0v) is 14.2. The molecule has 8 heteroatoms. The van der Waals surface area contributed by atoms with Crippen LogP contribution in [0.3, 0.4) is 0 Å². The summed E-state index contributed by atoms with van der Waals surface area (Å²) in [5, 5.41) is 10.9. The summed E-state index contributed by atoms with van der Waals surface area (Å²) in [5.41, 5.74) is 1.52. The molecule has 0 fully saturated rings. The van der Waals surface area contributed by atoms with E-state index in [0.29, 0.717) is 22.6 Å². The highest BCUT2D eigenvalue weighted by Crippen LogP contribution is 2.25. The van der Waals surface area contributed by atoms with Gasteiger partial charge in [-0.15, -0.1) is 0 Å². The molecule has 0 unspecified atom stereocenters. The van der Waals surface area contributed by atoms with E-state index in [0.717, 1.165) is 11.6 Å². The van der Waals surface area contributed by atoms with E-state index >= 15 is 0 Å². The van der Waals surface area contributed by atoms with Crippen LogP contribution >= 0.6 is 0 Å². The predicted octanol–water partition coefficient (Wildman–Crippen LogP) is 2.90. The highest BCUT2D eigenvalue weighted by Gasteiger charge is 2.22. The normalized spacial score (nSPS) is 11.7. The number of sulfonamides is 1. The Morgan fingerprint density at radius 2 is 1.83 bits per heavy atom. The maximum atomic E-state index is 12.5. The number of benzene rings is 1. The molecule has 0 bridgehead atoms. The number of non-ortho nitro benzene ring substituents is 1. The van der Waals surface area contributed by atoms with Crippen molar-refractivity contribution in [2.24, 2.45) is 0 Å². The smallest absolute Gasteiger partial charge is 0.271 e. The number of nitro benzene ring substituents is 1. The van der Waals surface area contributed by atoms with Crippen molar-refractivity contribution in [2.75, 3.05) is 0 Å². The molecule has 1 aromatic heterocycles. The molecule has 0 aliphatic carbocycles.